The number of carboxylic acids is 1. The van der Waals surface area contributed by atoms with Crippen molar-refractivity contribution in [2.45, 2.75) is 25.2 Å². The Morgan fingerprint density at radius 1 is 1.61 bits per heavy atom. The fourth-order valence-electron chi connectivity index (χ4n) is 2.25. The molecule has 1 atom stereocenters. The van der Waals surface area contributed by atoms with E-state index in [9.17, 15) is 18.0 Å². The number of hydrogen-bond acceptors (Lipinski definition) is 3. The van der Waals surface area contributed by atoms with Gasteiger partial charge in [0, 0.05) is 6.54 Å². The van der Waals surface area contributed by atoms with Gasteiger partial charge in [0.25, 0.3) is 0 Å². The number of hydrogen-bond donors (Lipinski definition) is 1. The SMILES string of the molecule is CN1Cc2ncc(C(=O)O)n2C(CC(F)(F)F)C1. The van der Waals surface area contributed by atoms with Crippen molar-refractivity contribution in [3.05, 3.63) is 17.7 Å². The summed E-state index contributed by atoms with van der Waals surface area (Å²) in [5, 5.41) is 8.96. The number of aromatic nitrogens is 2. The number of halogens is 3. The predicted molar refractivity (Wildman–Crippen MR) is 55.2 cm³/mol. The van der Waals surface area contributed by atoms with Crippen molar-refractivity contribution in [3.63, 3.8) is 0 Å². The van der Waals surface area contributed by atoms with Crippen LogP contribution in [-0.2, 0) is 6.54 Å². The van der Waals surface area contributed by atoms with Crippen LogP contribution >= 0.6 is 0 Å². The van der Waals surface area contributed by atoms with Crippen LogP contribution in [0.2, 0.25) is 0 Å². The van der Waals surface area contributed by atoms with Crippen LogP contribution in [0.5, 0.6) is 0 Å². The highest BCUT2D eigenvalue weighted by molar-refractivity contribution is 5.85. The van der Waals surface area contributed by atoms with Gasteiger partial charge >= 0.3 is 12.1 Å². The van der Waals surface area contributed by atoms with E-state index >= 15 is 0 Å². The fourth-order valence-corrected chi connectivity index (χ4v) is 2.25. The zero-order valence-electron chi connectivity index (χ0n) is 9.61. The number of alkyl halides is 3. The first-order valence-electron chi connectivity index (χ1n) is 5.32. The van der Waals surface area contributed by atoms with Crippen LogP contribution in [0.3, 0.4) is 0 Å². The molecule has 2 rings (SSSR count). The third kappa shape index (κ3) is 2.47. The monoisotopic (exact) mass is 263 g/mol. The van der Waals surface area contributed by atoms with Gasteiger partial charge in [-0.15, -0.1) is 0 Å². The molecule has 5 nitrogen and oxygen atoms in total. The average Bonchev–Trinajstić information content (AvgIpc) is 2.58. The van der Waals surface area contributed by atoms with Gasteiger partial charge in [0.2, 0.25) is 0 Å². The molecular weight excluding hydrogens is 251 g/mol. The first-order valence-corrected chi connectivity index (χ1v) is 5.32. The lowest BCUT2D eigenvalue weighted by Crippen LogP contribution is -2.38. The second-order valence-electron chi connectivity index (χ2n) is 4.40. The molecule has 0 bridgehead atoms. The first-order chi connectivity index (χ1) is 8.28. The van der Waals surface area contributed by atoms with Crippen LogP contribution < -0.4 is 0 Å². The second-order valence-corrected chi connectivity index (χ2v) is 4.40. The van der Waals surface area contributed by atoms with E-state index in [1.165, 1.54) is 4.57 Å². The quantitative estimate of drug-likeness (QED) is 0.879. The number of rotatable bonds is 2. The number of carbonyl (C=O) groups is 1. The maximum Gasteiger partial charge on any atom is 0.391 e. The summed E-state index contributed by atoms with van der Waals surface area (Å²) in [7, 11) is 1.68. The molecule has 18 heavy (non-hydrogen) atoms. The highest BCUT2D eigenvalue weighted by Gasteiger charge is 2.37. The Morgan fingerprint density at radius 2 is 2.28 bits per heavy atom. The van der Waals surface area contributed by atoms with Crippen molar-refractivity contribution in [3.8, 4) is 0 Å². The van der Waals surface area contributed by atoms with Crippen molar-refractivity contribution < 1.29 is 23.1 Å². The van der Waals surface area contributed by atoms with Gasteiger partial charge in [0.15, 0.2) is 0 Å². The van der Waals surface area contributed by atoms with Gasteiger partial charge in [-0.05, 0) is 7.05 Å². The summed E-state index contributed by atoms with van der Waals surface area (Å²) < 4.78 is 38.7. The van der Waals surface area contributed by atoms with Gasteiger partial charge in [-0.3, -0.25) is 4.90 Å². The maximum atomic E-state index is 12.5. The van der Waals surface area contributed by atoms with E-state index in [2.05, 4.69) is 4.98 Å². The maximum absolute atomic E-state index is 12.5. The molecule has 0 aliphatic carbocycles. The first kappa shape index (κ1) is 12.9. The van der Waals surface area contributed by atoms with Crippen LogP contribution in [0, 0.1) is 0 Å². The summed E-state index contributed by atoms with van der Waals surface area (Å²) in [5.74, 6) is -0.902. The van der Waals surface area contributed by atoms with E-state index in [1.807, 2.05) is 0 Å². The number of aromatic carboxylic acids is 1. The van der Waals surface area contributed by atoms with E-state index in [0.717, 1.165) is 6.20 Å². The number of nitrogens with zero attached hydrogens (tertiary/aromatic N) is 3. The lowest BCUT2D eigenvalue weighted by atomic mass is 10.1. The second kappa shape index (κ2) is 4.27. The van der Waals surface area contributed by atoms with Crippen molar-refractivity contribution in [1.29, 1.82) is 0 Å². The van der Waals surface area contributed by atoms with E-state index < -0.39 is 24.6 Å². The Bertz CT molecular complexity index is 469. The summed E-state index contributed by atoms with van der Waals surface area (Å²) in [4.78, 5) is 16.6. The molecule has 1 aromatic rings. The Morgan fingerprint density at radius 3 is 2.83 bits per heavy atom. The van der Waals surface area contributed by atoms with E-state index in [4.69, 9.17) is 5.11 Å². The molecule has 0 saturated carbocycles. The highest BCUT2D eigenvalue weighted by atomic mass is 19.4. The zero-order chi connectivity index (χ0) is 13.5. The number of fused-ring (bicyclic) bond motifs is 1. The normalized spacial score (nSPS) is 20.8. The summed E-state index contributed by atoms with van der Waals surface area (Å²) in [6.45, 7) is 0.505. The topological polar surface area (TPSA) is 58.4 Å². The molecule has 2 heterocycles. The smallest absolute Gasteiger partial charge is 0.391 e. The molecule has 100 valence electrons. The van der Waals surface area contributed by atoms with Crippen molar-refractivity contribution >= 4 is 5.97 Å². The largest absolute Gasteiger partial charge is 0.477 e. The van der Waals surface area contributed by atoms with E-state index in [1.54, 1.807) is 11.9 Å². The summed E-state index contributed by atoms with van der Waals surface area (Å²) in [6.07, 6.45) is -4.28. The minimum absolute atomic E-state index is 0.156. The predicted octanol–water partition coefficient (Wildman–Crippen LogP) is 1.52. The Hall–Kier alpha value is -1.57. The molecule has 1 aromatic heterocycles. The number of carboxylic acid groups (broad SMARTS) is 1. The zero-order valence-corrected chi connectivity index (χ0v) is 9.61. The molecule has 1 aliphatic rings. The van der Waals surface area contributed by atoms with E-state index in [-0.39, 0.29) is 12.2 Å². The summed E-state index contributed by atoms with van der Waals surface area (Å²) in [6, 6.07) is -0.938. The lowest BCUT2D eigenvalue weighted by Gasteiger charge is -2.32. The Labute approximate surface area is 101 Å². The van der Waals surface area contributed by atoms with Crippen LogP contribution in [-0.4, -0.2) is 45.3 Å². The molecule has 1 unspecified atom stereocenters. The molecule has 0 fully saturated rings. The van der Waals surface area contributed by atoms with Gasteiger partial charge in [0.1, 0.15) is 11.5 Å². The van der Waals surface area contributed by atoms with Gasteiger partial charge in [-0.2, -0.15) is 13.2 Å². The van der Waals surface area contributed by atoms with Crippen molar-refractivity contribution in [2.75, 3.05) is 13.6 Å². The standard InChI is InChI=1S/C10H12F3N3O2/c1-15-4-6(2-10(11,12)13)16-7(9(17)18)3-14-8(16)5-15/h3,6H,2,4-5H2,1H3,(H,17,18). The summed E-state index contributed by atoms with van der Waals surface area (Å²) >= 11 is 0. The summed E-state index contributed by atoms with van der Waals surface area (Å²) in [5.41, 5.74) is -0.188. The lowest BCUT2D eigenvalue weighted by molar-refractivity contribution is -0.145. The molecule has 8 heteroatoms. The van der Waals surface area contributed by atoms with Crippen LogP contribution in [0.1, 0.15) is 28.8 Å². The Balaban J connectivity index is 2.39. The van der Waals surface area contributed by atoms with Crippen LogP contribution in [0.15, 0.2) is 6.20 Å². The van der Waals surface area contributed by atoms with Crippen molar-refractivity contribution in [1.82, 2.24) is 14.5 Å². The van der Waals surface area contributed by atoms with Gasteiger partial charge in [-0.1, -0.05) is 0 Å². The van der Waals surface area contributed by atoms with Gasteiger partial charge < -0.3 is 9.67 Å². The minimum Gasteiger partial charge on any atom is -0.477 e. The van der Waals surface area contributed by atoms with Crippen molar-refractivity contribution in [2.24, 2.45) is 0 Å². The highest BCUT2D eigenvalue weighted by Crippen LogP contribution is 2.32. The molecular formula is C10H12F3N3O2. The van der Waals surface area contributed by atoms with Gasteiger partial charge in [-0.25, -0.2) is 9.78 Å². The fraction of sp³-hybridized carbons (Fsp3) is 0.600. The third-order valence-electron chi connectivity index (χ3n) is 2.86. The minimum atomic E-state index is -4.33. The number of likely N-dealkylation sites (N-methyl/N-ethyl adjacent to an activating group) is 1. The average molecular weight is 263 g/mol. The molecule has 1 N–H and O–H groups in total. The molecule has 0 spiro atoms. The third-order valence-corrected chi connectivity index (χ3v) is 2.86. The molecule has 0 saturated heterocycles. The Kier molecular flexibility index (Phi) is 3.05. The number of imidazole rings is 1. The van der Waals surface area contributed by atoms with Crippen LogP contribution in [0.25, 0.3) is 0 Å². The van der Waals surface area contributed by atoms with Gasteiger partial charge in [0.05, 0.1) is 25.2 Å². The van der Waals surface area contributed by atoms with Crippen LogP contribution in [0.4, 0.5) is 13.2 Å². The molecule has 1 aliphatic heterocycles. The van der Waals surface area contributed by atoms with E-state index in [0.29, 0.717) is 12.4 Å². The molecule has 0 radical (unpaired) electrons. The molecule has 0 amide bonds. The molecule has 0 aromatic carbocycles.